The fourth-order valence-electron chi connectivity index (χ4n) is 6.91. The first-order valence-corrected chi connectivity index (χ1v) is 17.5. The van der Waals surface area contributed by atoms with Crippen molar-refractivity contribution in [1.82, 2.24) is 40.0 Å². The lowest BCUT2D eigenvalue weighted by atomic mass is 10.1. The number of hydrogen-bond donors (Lipinski definition) is 2. The quantitative estimate of drug-likeness (QED) is 0.314. The van der Waals surface area contributed by atoms with Gasteiger partial charge in [0.25, 0.3) is 5.91 Å². The summed E-state index contributed by atoms with van der Waals surface area (Å²) in [4.78, 5) is 55.5. The van der Waals surface area contributed by atoms with Crippen LogP contribution in [0, 0.1) is 0 Å². The molecule has 4 aliphatic rings. The van der Waals surface area contributed by atoms with E-state index in [1.807, 2.05) is 68.1 Å². The number of carbonyl (C=O) groups is 3. The third-order valence-corrected chi connectivity index (χ3v) is 9.85. The van der Waals surface area contributed by atoms with Gasteiger partial charge in [-0.3, -0.25) is 39.2 Å². The van der Waals surface area contributed by atoms with Crippen LogP contribution >= 0.6 is 0 Å². The van der Waals surface area contributed by atoms with Crippen LogP contribution in [0.5, 0.6) is 0 Å². The molecular formula is C39H48N8O4. The molecule has 12 nitrogen and oxygen atoms in total. The van der Waals surface area contributed by atoms with Crippen molar-refractivity contribution in [2.45, 2.75) is 75.2 Å². The van der Waals surface area contributed by atoms with E-state index >= 15 is 0 Å². The predicted octanol–water partition coefficient (Wildman–Crippen LogP) is 4.60. The lowest BCUT2D eigenvalue weighted by molar-refractivity contribution is -0.134. The number of hydrogen-bond acceptors (Lipinski definition) is 9. The topological polar surface area (TPSA) is 145 Å². The molecule has 4 aromatic heterocycles. The van der Waals surface area contributed by atoms with Crippen LogP contribution in [0.15, 0.2) is 98.1 Å². The fourth-order valence-corrected chi connectivity index (χ4v) is 6.91. The molecule has 0 bridgehead atoms. The molecule has 4 fully saturated rings. The molecule has 5 unspecified atom stereocenters. The van der Waals surface area contributed by atoms with Gasteiger partial charge in [-0.05, 0) is 85.8 Å². The summed E-state index contributed by atoms with van der Waals surface area (Å²) in [5.41, 5.74) is 4.57. The van der Waals surface area contributed by atoms with Crippen LogP contribution in [-0.4, -0.2) is 91.3 Å². The zero-order chi connectivity index (χ0) is 36.2. The minimum atomic E-state index is -0.856. The number of rotatable bonds is 4. The van der Waals surface area contributed by atoms with Crippen molar-refractivity contribution in [2.75, 3.05) is 27.7 Å². The highest BCUT2D eigenvalue weighted by molar-refractivity contribution is 5.83. The second-order valence-electron chi connectivity index (χ2n) is 13.2. The lowest BCUT2D eigenvalue weighted by Crippen LogP contribution is -2.26. The number of nitrogens with zero attached hydrogens (tertiary/aromatic N) is 7. The molecule has 51 heavy (non-hydrogen) atoms. The highest BCUT2D eigenvalue weighted by Gasteiger charge is 2.36. The van der Waals surface area contributed by atoms with E-state index in [1.54, 1.807) is 47.8 Å². The Morgan fingerprint density at radius 1 is 0.647 bits per heavy atom. The van der Waals surface area contributed by atoms with Crippen molar-refractivity contribution < 1.29 is 19.5 Å². The Morgan fingerprint density at radius 3 is 1.57 bits per heavy atom. The minimum absolute atomic E-state index is 0.0359. The highest BCUT2D eigenvalue weighted by atomic mass is 16.3. The second kappa shape index (κ2) is 18.2. The molecule has 0 spiro atoms. The van der Waals surface area contributed by atoms with E-state index in [4.69, 9.17) is 0 Å². The summed E-state index contributed by atoms with van der Waals surface area (Å²) in [6.45, 7) is 1.22. The van der Waals surface area contributed by atoms with Crippen molar-refractivity contribution in [3.05, 3.63) is 120 Å². The van der Waals surface area contributed by atoms with Gasteiger partial charge in [-0.2, -0.15) is 0 Å². The van der Waals surface area contributed by atoms with E-state index in [0.717, 1.165) is 29.5 Å². The largest absolute Gasteiger partial charge is 0.383 e. The molecule has 0 aromatic carbocycles. The Morgan fingerprint density at radius 2 is 1.18 bits per heavy atom. The Hall–Kier alpha value is -5.07. The minimum Gasteiger partial charge on any atom is -0.383 e. The Kier molecular flexibility index (Phi) is 13.3. The van der Waals surface area contributed by atoms with Gasteiger partial charge in [0, 0.05) is 89.0 Å². The summed E-state index contributed by atoms with van der Waals surface area (Å²) in [5.74, 6) is 0.163. The number of carbonyl (C=O) groups excluding carboxylic acids is 3. The predicted molar refractivity (Wildman–Crippen MR) is 193 cm³/mol. The van der Waals surface area contributed by atoms with E-state index in [0.29, 0.717) is 25.3 Å². The van der Waals surface area contributed by atoms with Crippen LogP contribution in [0.25, 0.3) is 0 Å². The monoisotopic (exact) mass is 692 g/mol. The second-order valence-corrected chi connectivity index (χ2v) is 13.2. The number of nitrogens with one attached hydrogen (secondary N) is 1. The molecule has 4 saturated heterocycles. The average molecular weight is 693 g/mol. The molecule has 0 saturated carbocycles. The van der Waals surface area contributed by atoms with Crippen LogP contribution in [0.4, 0.5) is 0 Å². The fraction of sp³-hybridized carbons (Fsp3) is 0.410. The van der Waals surface area contributed by atoms with Crippen LogP contribution in [-0.2, 0) is 14.4 Å². The molecule has 8 rings (SSSR count). The zero-order valence-electron chi connectivity index (χ0n) is 29.6. The molecule has 0 aliphatic carbocycles. The summed E-state index contributed by atoms with van der Waals surface area (Å²) in [6, 6.07) is 16.7. The number of pyridine rings is 4. The molecule has 3 amide bonds. The summed E-state index contributed by atoms with van der Waals surface area (Å²) in [7, 11) is 5.74. The van der Waals surface area contributed by atoms with E-state index in [2.05, 4.69) is 43.3 Å². The molecule has 268 valence electrons. The average Bonchev–Trinajstić information content (AvgIpc) is 3.96. The highest BCUT2D eigenvalue weighted by Crippen LogP contribution is 2.32. The van der Waals surface area contributed by atoms with E-state index in [1.165, 1.54) is 24.9 Å². The maximum Gasteiger partial charge on any atom is 0.251 e. The SMILES string of the molecule is CN1C(=O)C(O)CC1c1cccnc1.CN1C(=O)CCC1c1cccnc1.CN1CCCC1c1cccnc1.O=C1CCC(c2cccnc2)N1. The van der Waals surface area contributed by atoms with Gasteiger partial charge in [-0.25, -0.2) is 0 Å². The van der Waals surface area contributed by atoms with Gasteiger partial charge in [-0.15, -0.1) is 0 Å². The summed E-state index contributed by atoms with van der Waals surface area (Å²) < 4.78 is 0. The number of aliphatic hydroxyl groups excluding tert-OH is 1. The summed E-state index contributed by atoms with van der Waals surface area (Å²) in [5, 5.41) is 12.3. The molecule has 5 atom stereocenters. The van der Waals surface area contributed by atoms with Crippen molar-refractivity contribution in [3.63, 3.8) is 0 Å². The molecule has 4 aliphatic heterocycles. The standard InChI is InChI=1S/C10H12N2O2.C10H12N2O.C10H14N2.C9H10N2O/c1-12-8(5-9(13)10(12)14)7-3-2-4-11-6-7;1-12-9(4-5-10(12)13)8-3-2-6-11-7-8;1-12-7-3-5-10(12)9-4-2-6-11-8-9;12-9-4-3-8(11-9)7-2-1-5-10-6-7/h2-4,6,8-9,13H,5H2,1H3;2-3,6-7,9H,4-5H2,1H3;2,4,6,8,10H,3,5,7H2,1H3;1-2,5-6,8H,3-4H2,(H,11,12). The maximum absolute atomic E-state index is 11.3. The number of likely N-dealkylation sites (N-methyl/N-ethyl adjacent to an activating group) is 1. The first-order chi connectivity index (χ1) is 24.7. The van der Waals surface area contributed by atoms with E-state index in [9.17, 15) is 19.5 Å². The molecule has 8 heterocycles. The zero-order valence-corrected chi connectivity index (χ0v) is 29.6. The van der Waals surface area contributed by atoms with Crippen molar-refractivity contribution in [3.8, 4) is 0 Å². The van der Waals surface area contributed by atoms with Gasteiger partial charge < -0.3 is 20.2 Å². The van der Waals surface area contributed by atoms with Crippen molar-refractivity contribution in [2.24, 2.45) is 0 Å². The van der Waals surface area contributed by atoms with E-state index < -0.39 is 6.10 Å². The third kappa shape index (κ3) is 10.0. The number of likely N-dealkylation sites (tertiary alicyclic amines) is 3. The van der Waals surface area contributed by atoms with Crippen LogP contribution < -0.4 is 5.32 Å². The van der Waals surface area contributed by atoms with Gasteiger partial charge in [0.2, 0.25) is 11.8 Å². The smallest absolute Gasteiger partial charge is 0.251 e. The lowest BCUT2D eigenvalue weighted by Gasteiger charge is -2.19. The number of aromatic nitrogens is 4. The van der Waals surface area contributed by atoms with Crippen LogP contribution in [0.1, 0.15) is 91.4 Å². The van der Waals surface area contributed by atoms with Crippen LogP contribution in [0.2, 0.25) is 0 Å². The summed E-state index contributed by atoms with van der Waals surface area (Å²) >= 11 is 0. The number of amides is 3. The molecular weight excluding hydrogens is 644 g/mol. The van der Waals surface area contributed by atoms with Crippen LogP contribution in [0.3, 0.4) is 0 Å². The Bertz CT molecular complexity index is 1680. The normalized spacial score (nSPS) is 24.2. The van der Waals surface area contributed by atoms with Gasteiger partial charge in [0.1, 0.15) is 6.10 Å². The first-order valence-electron chi connectivity index (χ1n) is 17.5. The number of aliphatic hydroxyl groups is 1. The Balaban J connectivity index is 0.000000132. The summed E-state index contributed by atoms with van der Waals surface area (Å²) in [6.07, 6.45) is 19.7. The maximum atomic E-state index is 11.3. The van der Waals surface area contributed by atoms with Gasteiger partial charge in [0.15, 0.2) is 0 Å². The van der Waals surface area contributed by atoms with Crippen molar-refractivity contribution in [1.29, 1.82) is 0 Å². The van der Waals surface area contributed by atoms with E-state index in [-0.39, 0.29) is 35.8 Å². The molecule has 2 N–H and O–H groups in total. The van der Waals surface area contributed by atoms with Crippen molar-refractivity contribution >= 4 is 17.7 Å². The van der Waals surface area contributed by atoms with Gasteiger partial charge in [0.05, 0.1) is 18.1 Å². The molecule has 0 radical (unpaired) electrons. The van der Waals surface area contributed by atoms with Gasteiger partial charge >= 0.3 is 0 Å². The van der Waals surface area contributed by atoms with Gasteiger partial charge in [-0.1, -0.05) is 24.3 Å². The molecule has 4 aromatic rings. The Labute approximate surface area is 300 Å². The first kappa shape index (κ1) is 37.2. The third-order valence-electron chi connectivity index (χ3n) is 9.85. The molecule has 12 heteroatoms.